The maximum Gasteiger partial charge on any atom is 0.136 e. The van der Waals surface area contributed by atoms with E-state index in [1.54, 1.807) is 0 Å². The van der Waals surface area contributed by atoms with Crippen LogP contribution in [0.1, 0.15) is 0 Å². The zero-order valence-corrected chi connectivity index (χ0v) is 28.4. The van der Waals surface area contributed by atoms with E-state index in [-0.39, 0.29) is 0 Å². The Balaban J connectivity index is 1.06. The van der Waals surface area contributed by atoms with Crippen LogP contribution in [0, 0.1) is 0 Å². The molecule has 0 atom stereocenters. The number of nitrogens with zero attached hydrogens (tertiary/aromatic N) is 1. The molecule has 0 bridgehead atoms. The Hall–Kier alpha value is -6.90. The third-order valence-corrected chi connectivity index (χ3v) is 10.3. The van der Waals surface area contributed by atoms with Crippen LogP contribution in [-0.2, 0) is 0 Å². The van der Waals surface area contributed by atoms with Crippen LogP contribution in [0.15, 0.2) is 205 Å². The van der Waals surface area contributed by atoms with Gasteiger partial charge in [-0.25, -0.2) is 0 Å². The molecule has 2 nitrogen and oxygen atoms in total. The van der Waals surface area contributed by atoms with E-state index >= 15 is 0 Å². The van der Waals surface area contributed by atoms with Crippen LogP contribution in [-0.4, -0.2) is 0 Å². The molecule has 1 aromatic heterocycles. The number of rotatable bonds is 6. The Bertz CT molecular complexity index is 2880. The van der Waals surface area contributed by atoms with Crippen molar-refractivity contribution in [2.24, 2.45) is 0 Å². The SMILES string of the molecule is c1ccc(N(c2ccc(-c3ccc(-c4cccc5ccccc45)cc3)cc2)c2ccccc2-c2cccc3oc4cc5ccccc5cc4c23)cc1. The molecule has 0 fully saturated rings. The number of benzene rings is 9. The van der Waals surface area contributed by atoms with Crippen LogP contribution in [0.2, 0.25) is 0 Å². The molecule has 2 heteroatoms. The fourth-order valence-corrected chi connectivity index (χ4v) is 7.76. The van der Waals surface area contributed by atoms with Crippen molar-refractivity contribution in [3.63, 3.8) is 0 Å². The molecule has 244 valence electrons. The smallest absolute Gasteiger partial charge is 0.136 e. The molecule has 52 heavy (non-hydrogen) atoms. The summed E-state index contributed by atoms with van der Waals surface area (Å²) in [5.41, 5.74) is 12.2. The van der Waals surface area contributed by atoms with Gasteiger partial charge in [0.15, 0.2) is 0 Å². The first-order chi connectivity index (χ1) is 25.8. The highest BCUT2D eigenvalue weighted by Gasteiger charge is 2.20. The average Bonchev–Trinajstić information content (AvgIpc) is 3.58. The van der Waals surface area contributed by atoms with Gasteiger partial charge in [-0.15, -0.1) is 0 Å². The van der Waals surface area contributed by atoms with Gasteiger partial charge in [0.05, 0.1) is 5.69 Å². The largest absolute Gasteiger partial charge is 0.456 e. The molecule has 0 saturated heterocycles. The van der Waals surface area contributed by atoms with Gasteiger partial charge < -0.3 is 9.32 Å². The van der Waals surface area contributed by atoms with E-state index in [4.69, 9.17) is 4.42 Å². The molecule has 9 aromatic carbocycles. The fraction of sp³-hybridized carbons (Fsp3) is 0. The zero-order valence-electron chi connectivity index (χ0n) is 28.4. The van der Waals surface area contributed by atoms with Gasteiger partial charge >= 0.3 is 0 Å². The standard InChI is InChI=1S/C50H33NO/c1-2-16-40(17-3-1)51(41-30-28-35(29-31-41)34-24-26-37(27-25-34)43-20-10-15-36-12-6-7-18-42(36)43)47-22-9-8-19-44(47)45-21-11-23-48-50(45)46-32-38-13-4-5-14-39(38)33-49(46)52-48/h1-33H. The van der Waals surface area contributed by atoms with E-state index in [0.29, 0.717) is 0 Å². The third-order valence-electron chi connectivity index (χ3n) is 10.3. The lowest BCUT2D eigenvalue weighted by Crippen LogP contribution is -2.11. The molecule has 1 heterocycles. The maximum atomic E-state index is 6.49. The molecule has 0 N–H and O–H groups in total. The van der Waals surface area contributed by atoms with E-state index in [1.807, 2.05) is 0 Å². The minimum Gasteiger partial charge on any atom is -0.456 e. The molecule has 0 radical (unpaired) electrons. The van der Waals surface area contributed by atoms with Gasteiger partial charge in [-0.3, -0.25) is 0 Å². The van der Waals surface area contributed by atoms with Gasteiger partial charge in [-0.2, -0.15) is 0 Å². The van der Waals surface area contributed by atoms with Gasteiger partial charge in [0.25, 0.3) is 0 Å². The van der Waals surface area contributed by atoms with E-state index < -0.39 is 0 Å². The van der Waals surface area contributed by atoms with Crippen LogP contribution < -0.4 is 4.90 Å². The van der Waals surface area contributed by atoms with Crippen molar-refractivity contribution in [3.8, 4) is 33.4 Å². The summed E-state index contributed by atoms with van der Waals surface area (Å²) < 4.78 is 6.49. The molecule has 0 aliphatic carbocycles. The molecule has 0 amide bonds. The second kappa shape index (κ2) is 12.5. The molecule has 10 rings (SSSR count). The number of hydrogen-bond donors (Lipinski definition) is 0. The molecule has 0 aliphatic heterocycles. The highest BCUT2D eigenvalue weighted by atomic mass is 16.3. The van der Waals surface area contributed by atoms with Crippen molar-refractivity contribution in [1.82, 2.24) is 0 Å². The summed E-state index contributed by atoms with van der Waals surface area (Å²) >= 11 is 0. The molecule has 0 spiro atoms. The summed E-state index contributed by atoms with van der Waals surface area (Å²) in [6.07, 6.45) is 0. The zero-order chi connectivity index (χ0) is 34.4. The monoisotopic (exact) mass is 663 g/mol. The summed E-state index contributed by atoms with van der Waals surface area (Å²) in [5, 5.41) is 7.17. The van der Waals surface area contributed by atoms with E-state index in [9.17, 15) is 0 Å². The molecular formula is C50H33NO. The summed E-state index contributed by atoms with van der Waals surface area (Å²) in [4.78, 5) is 2.36. The summed E-state index contributed by atoms with van der Waals surface area (Å²) in [5.74, 6) is 0. The molecule has 0 aliphatic rings. The lowest BCUT2D eigenvalue weighted by Gasteiger charge is -2.28. The van der Waals surface area contributed by atoms with Crippen molar-refractivity contribution in [2.45, 2.75) is 0 Å². The van der Waals surface area contributed by atoms with Gasteiger partial charge in [-0.05, 0) is 97.9 Å². The number of para-hydroxylation sites is 2. The van der Waals surface area contributed by atoms with Crippen molar-refractivity contribution in [3.05, 3.63) is 200 Å². The summed E-state index contributed by atoms with van der Waals surface area (Å²) in [6.45, 7) is 0. The first kappa shape index (κ1) is 30.0. The second-order valence-corrected chi connectivity index (χ2v) is 13.3. The van der Waals surface area contributed by atoms with E-state index in [2.05, 4.69) is 205 Å². The Kier molecular flexibility index (Phi) is 7.18. The topological polar surface area (TPSA) is 16.4 Å². The Labute approximate surface area is 302 Å². The van der Waals surface area contributed by atoms with Crippen molar-refractivity contribution in [1.29, 1.82) is 0 Å². The third kappa shape index (κ3) is 5.12. The van der Waals surface area contributed by atoms with E-state index in [1.165, 1.54) is 43.8 Å². The summed E-state index contributed by atoms with van der Waals surface area (Å²) in [7, 11) is 0. The molecular weight excluding hydrogens is 631 g/mol. The summed E-state index contributed by atoms with van der Waals surface area (Å²) in [6, 6.07) is 71.6. The molecule has 0 saturated carbocycles. The van der Waals surface area contributed by atoms with Crippen LogP contribution in [0.5, 0.6) is 0 Å². The van der Waals surface area contributed by atoms with Gasteiger partial charge in [0, 0.05) is 27.7 Å². The van der Waals surface area contributed by atoms with Crippen LogP contribution in [0.4, 0.5) is 17.1 Å². The van der Waals surface area contributed by atoms with Crippen molar-refractivity contribution < 1.29 is 4.42 Å². The Morgan fingerprint density at radius 3 is 1.69 bits per heavy atom. The lowest BCUT2D eigenvalue weighted by molar-refractivity contribution is 0.669. The first-order valence-corrected chi connectivity index (χ1v) is 17.8. The Morgan fingerprint density at radius 1 is 0.327 bits per heavy atom. The normalized spacial score (nSPS) is 11.5. The van der Waals surface area contributed by atoms with Gasteiger partial charge in [0.2, 0.25) is 0 Å². The van der Waals surface area contributed by atoms with Crippen molar-refractivity contribution in [2.75, 3.05) is 4.90 Å². The number of furan rings is 1. The predicted octanol–water partition coefficient (Wildman–Crippen LogP) is 14.4. The first-order valence-electron chi connectivity index (χ1n) is 17.8. The lowest BCUT2D eigenvalue weighted by atomic mass is 9.95. The average molecular weight is 664 g/mol. The van der Waals surface area contributed by atoms with Crippen LogP contribution in [0.3, 0.4) is 0 Å². The highest BCUT2D eigenvalue weighted by Crippen LogP contribution is 2.45. The minimum atomic E-state index is 0.889. The quantitative estimate of drug-likeness (QED) is 0.176. The molecule has 10 aromatic rings. The molecule has 0 unspecified atom stereocenters. The number of fused-ring (bicyclic) bond motifs is 5. The number of anilines is 3. The highest BCUT2D eigenvalue weighted by molar-refractivity contribution is 6.16. The van der Waals surface area contributed by atoms with Gasteiger partial charge in [-0.1, -0.05) is 152 Å². The number of hydrogen-bond acceptors (Lipinski definition) is 2. The van der Waals surface area contributed by atoms with E-state index in [0.717, 1.165) is 50.1 Å². The fourth-order valence-electron chi connectivity index (χ4n) is 7.76. The second-order valence-electron chi connectivity index (χ2n) is 13.3. The minimum absolute atomic E-state index is 0.889. The van der Waals surface area contributed by atoms with Crippen LogP contribution >= 0.6 is 0 Å². The maximum absolute atomic E-state index is 6.49. The predicted molar refractivity (Wildman–Crippen MR) is 220 cm³/mol. The Morgan fingerprint density at radius 2 is 0.885 bits per heavy atom. The van der Waals surface area contributed by atoms with Crippen molar-refractivity contribution >= 4 is 60.5 Å². The van der Waals surface area contributed by atoms with Gasteiger partial charge in [0.1, 0.15) is 11.2 Å². The van der Waals surface area contributed by atoms with Crippen LogP contribution in [0.25, 0.3) is 76.9 Å².